The molecule has 1 aliphatic heterocycles. The number of carbonyl (C=O) groups is 1. The van der Waals surface area contributed by atoms with Gasteiger partial charge in [-0.05, 0) is 37.1 Å². The van der Waals surface area contributed by atoms with Crippen LogP contribution in [0.5, 0.6) is 0 Å². The SMILES string of the molecule is CC(=O)Nc1ccc(Nc2ncnc3nc(N4CCCC4CO)[nH]c23)cc1. The van der Waals surface area contributed by atoms with Gasteiger partial charge in [-0.15, -0.1) is 0 Å². The van der Waals surface area contributed by atoms with Crippen LogP contribution in [0.4, 0.5) is 23.1 Å². The lowest BCUT2D eigenvalue weighted by Gasteiger charge is -2.21. The Labute approximate surface area is 155 Å². The molecule has 1 amide bonds. The van der Waals surface area contributed by atoms with E-state index in [9.17, 15) is 9.90 Å². The quantitative estimate of drug-likeness (QED) is 0.545. The number of nitrogens with zero attached hydrogens (tertiary/aromatic N) is 4. The molecule has 4 N–H and O–H groups in total. The van der Waals surface area contributed by atoms with Gasteiger partial charge in [-0.25, -0.2) is 9.97 Å². The van der Waals surface area contributed by atoms with Gasteiger partial charge >= 0.3 is 0 Å². The zero-order valence-electron chi connectivity index (χ0n) is 14.9. The first-order valence-corrected chi connectivity index (χ1v) is 8.87. The Morgan fingerprint density at radius 2 is 2.07 bits per heavy atom. The van der Waals surface area contributed by atoms with Crippen molar-refractivity contribution in [3.8, 4) is 0 Å². The number of amides is 1. The monoisotopic (exact) mass is 367 g/mol. The number of H-pyrrole nitrogens is 1. The molecule has 0 bridgehead atoms. The summed E-state index contributed by atoms with van der Waals surface area (Å²) in [5.41, 5.74) is 2.84. The summed E-state index contributed by atoms with van der Waals surface area (Å²) >= 11 is 0. The molecule has 1 atom stereocenters. The number of imidazole rings is 1. The van der Waals surface area contributed by atoms with Crippen molar-refractivity contribution >= 4 is 40.2 Å². The van der Waals surface area contributed by atoms with E-state index in [1.54, 1.807) is 0 Å². The van der Waals surface area contributed by atoms with Gasteiger partial charge in [0, 0.05) is 24.8 Å². The number of aromatic amines is 1. The summed E-state index contributed by atoms with van der Waals surface area (Å²) in [4.78, 5) is 29.6. The number of hydrogen-bond acceptors (Lipinski definition) is 7. The van der Waals surface area contributed by atoms with Crippen LogP contribution in [0.15, 0.2) is 30.6 Å². The van der Waals surface area contributed by atoms with Gasteiger partial charge in [0.25, 0.3) is 0 Å². The molecule has 1 fully saturated rings. The van der Waals surface area contributed by atoms with E-state index in [0.29, 0.717) is 22.9 Å². The van der Waals surface area contributed by atoms with Crippen molar-refractivity contribution in [2.45, 2.75) is 25.8 Å². The molecule has 1 saturated heterocycles. The van der Waals surface area contributed by atoms with E-state index >= 15 is 0 Å². The van der Waals surface area contributed by atoms with Gasteiger partial charge in [0.05, 0.1) is 12.6 Å². The third-order valence-corrected chi connectivity index (χ3v) is 4.60. The maximum Gasteiger partial charge on any atom is 0.221 e. The first kappa shape index (κ1) is 17.2. The Kier molecular flexibility index (Phi) is 4.59. The van der Waals surface area contributed by atoms with E-state index in [0.717, 1.165) is 30.8 Å². The second-order valence-electron chi connectivity index (χ2n) is 6.54. The number of anilines is 4. The maximum absolute atomic E-state index is 11.1. The minimum atomic E-state index is -0.110. The number of nitrogens with one attached hydrogen (secondary N) is 3. The van der Waals surface area contributed by atoms with Gasteiger partial charge in [-0.2, -0.15) is 4.98 Å². The molecule has 4 rings (SSSR count). The van der Waals surface area contributed by atoms with E-state index in [1.807, 2.05) is 24.3 Å². The predicted octanol–water partition coefficient (Wildman–Crippen LogP) is 2.02. The molecule has 0 radical (unpaired) electrons. The fourth-order valence-electron chi connectivity index (χ4n) is 3.33. The lowest BCUT2D eigenvalue weighted by atomic mass is 10.2. The highest BCUT2D eigenvalue weighted by molar-refractivity contribution is 5.89. The van der Waals surface area contributed by atoms with Crippen molar-refractivity contribution < 1.29 is 9.90 Å². The van der Waals surface area contributed by atoms with Crippen LogP contribution in [0.1, 0.15) is 19.8 Å². The molecule has 9 heteroatoms. The van der Waals surface area contributed by atoms with E-state index in [-0.39, 0.29) is 18.6 Å². The van der Waals surface area contributed by atoms with Crippen molar-refractivity contribution in [1.29, 1.82) is 0 Å². The zero-order valence-corrected chi connectivity index (χ0v) is 14.9. The predicted molar refractivity (Wildman–Crippen MR) is 103 cm³/mol. The van der Waals surface area contributed by atoms with Crippen molar-refractivity contribution in [1.82, 2.24) is 19.9 Å². The van der Waals surface area contributed by atoms with E-state index in [1.165, 1.54) is 13.3 Å². The molecule has 3 heterocycles. The molecule has 0 aliphatic carbocycles. The van der Waals surface area contributed by atoms with Crippen LogP contribution in [0.3, 0.4) is 0 Å². The number of aliphatic hydroxyl groups is 1. The molecule has 27 heavy (non-hydrogen) atoms. The summed E-state index contributed by atoms with van der Waals surface area (Å²) in [5, 5.41) is 15.5. The van der Waals surface area contributed by atoms with E-state index in [2.05, 4.69) is 35.5 Å². The number of carbonyl (C=O) groups excluding carboxylic acids is 1. The highest BCUT2D eigenvalue weighted by Gasteiger charge is 2.26. The second-order valence-corrected chi connectivity index (χ2v) is 6.54. The number of hydrogen-bond donors (Lipinski definition) is 4. The summed E-state index contributed by atoms with van der Waals surface area (Å²) in [7, 11) is 0. The fraction of sp³-hybridized carbons (Fsp3) is 0.333. The standard InChI is InChI=1S/C18H21N7O2/c1-11(27)21-12-4-6-13(7-5-12)22-16-15-17(20-10-19-16)24-18(23-15)25-8-2-3-14(25)9-26/h4-7,10,14,26H,2-3,8-9H2,1H3,(H,21,27)(H2,19,20,22,23,24). The van der Waals surface area contributed by atoms with Crippen LogP contribution < -0.4 is 15.5 Å². The van der Waals surface area contributed by atoms with Gasteiger partial charge in [-0.3, -0.25) is 4.79 Å². The van der Waals surface area contributed by atoms with Crippen molar-refractivity contribution in [2.24, 2.45) is 0 Å². The smallest absolute Gasteiger partial charge is 0.221 e. The van der Waals surface area contributed by atoms with Crippen molar-refractivity contribution in [2.75, 3.05) is 28.7 Å². The molecule has 0 spiro atoms. The first-order valence-electron chi connectivity index (χ1n) is 8.87. The molecule has 0 saturated carbocycles. The molecule has 1 unspecified atom stereocenters. The summed E-state index contributed by atoms with van der Waals surface area (Å²) in [6.07, 6.45) is 3.44. The minimum absolute atomic E-state index is 0.0799. The normalized spacial score (nSPS) is 16.7. The highest BCUT2D eigenvalue weighted by atomic mass is 16.3. The molecular weight excluding hydrogens is 346 g/mol. The molecule has 1 aromatic carbocycles. The maximum atomic E-state index is 11.1. The zero-order chi connectivity index (χ0) is 18.8. The molecule has 3 aromatic rings. The molecule has 1 aliphatic rings. The van der Waals surface area contributed by atoms with Crippen LogP contribution in [-0.4, -0.2) is 50.1 Å². The third-order valence-electron chi connectivity index (χ3n) is 4.60. The Morgan fingerprint density at radius 1 is 1.30 bits per heavy atom. The molecule has 140 valence electrons. The van der Waals surface area contributed by atoms with Crippen molar-refractivity contribution in [3.05, 3.63) is 30.6 Å². The molecular formula is C18H21N7O2. The van der Waals surface area contributed by atoms with Gasteiger partial charge < -0.3 is 25.6 Å². The Morgan fingerprint density at radius 3 is 2.81 bits per heavy atom. The second kappa shape index (κ2) is 7.20. The lowest BCUT2D eigenvalue weighted by molar-refractivity contribution is -0.114. The Hall–Kier alpha value is -3.20. The van der Waals surface area contributed by atoms with Crippen LogP contribution in [0.2, 0.25) is 0 Å². The minimum Gasteiger partial charge on any atom is -0.394 e. The fourth-order valence-corrected chi connectivity index (χ4v) is 3.33. The summed E-state index contributed by atoms with van der Waals surface area (Å²) in [5.74, 6) is 1.21. The summed E-state index contributed by atoms with van der Waals surface area (Å²) in [6, 6.07) is 7.43. The summed E-state index contributed by atoms with van der Waals surface area (Å²) < 4.78 is 0. The Bertz CT molecular complexity index is 954. The van der Waals surface area contributed by atoms with Crippen LogP contribution in [0.25, 0.3) is 11.2 Å². The number of aliphatic hydroxyl groups excluding tert-OH is 1. The molecule has 2 aromatic heterocycles. The molecule has 9 nitrogen and oxygen atoms in total. The average Bonchev–Trinajstić information content (AvgIpc) is 3.29. The van der Waals surface area contributed by atoms with E-state index in [4.69, 9.17) is 0 Å². The Balaban J connectivity index is 1.59. The topological polar surface area (TPSA) is 119 Å². The largest absolute Gasteiger partial charge is 0.394 e. The van der Waals surface area contributed by atoms with Gasteiger partial charge in [0.2, 0.25) is 11.9 Å². The van der Waals surface area contributed by atoms with Crippen LogP contribution in [0, 0.1) is 0 Å². The van der Waals surface area contributed by atoms with Gasteiger partial charge in [0.15, 0.2) is 11.5 Å². The van der Waals surface area contributed by atoms with Crippen LogP contribution in [-0.2, 0) is 4.79 Å². The highest BCUT2D eigenvalue weighted by Crippen LogP contribution is 2.28. The number of rotatable bonds is 5. The van der Waals surface area contributed by atoms with Gasteiger partial charge in [-0.1, -0.05) is 0 Å². The summed E-state index contributed by atoms with van der Waals surface area (Å²) in [6.45, 7) is 2.43. The van der Waals surface area contributed by atoms with Gasteiger partial charge in [0.1, 0.15) is 11.8 Å². The van der Waals surface area contributed by atoms with E-state index < -0.39 is 0 Å². The first-order chi connectivity index (χ1) is 13.1. The third kappa shape index (κ3) is 3.54. The van der Waals surface area contributed by atoms with Crippen LogP contribution >= 0.6 is 0 Å². The average molecular weight is 367 g/mol. The number of aromatic nitrogens is 4. The number of fused-ring (bicyclic) bond motifs is 1. The van der Waals surface area contributed by atoms with Crippen molar-refractivity contribution in [3.63, 3.8) is 0 Å². The number of benzene rings is 1. The lowest BCUT2D eigenvalue weighted by Crippen LogP contribution is -2.32.